The van der Waals surface area contributed by atoms with E-state index in [0.717, 1.165) is 94.7 Å². The molecule has 4 heterocycles. The summed E-state index contributed by atoms with van der Waals surface area (Å²) >= 11 is 0. The summed E-state index contributed by atoms with van der Waals surface area (Å²) in [5.74, 6) is 1.57. The van der Waals surface area contributed by atoms with Crippen LogP contribution < -0.4 is 15.0 Å². The molecule has 0 bridgehead atoms. The van der Waals surface area contributed by atoms with Crippen molar-refractivity contribution in [1.29, 1.82) is 0 Å². The van der Waals surface area contributed by atoms with E-state index < -0.39 is 0 Å². The van der Waals surface area contributed by atoms with Crippen LogP contribution in [0, 0.1) is 5.41 Å². The summed E-state index contributed by atoms with van der Waals surface area (Å²) in [4.78, 5) is 37.8. The van der Waals surface area contributed by atoms with Crippen molar-refractivity contribution in [3.63, 3.8) is 0 Å². The zero-order valence-electron chi connectivity index (χ0n) is 24.2. The number of ether oxygens (including phenoxy) is 1. The van der Waals surface area contributed by atoms with Crippen molar-refractivity contribution in [2.24, 2.45) is 5.41 Å². The van der Waals surface area contributed by atoms with E-state index in [-0.39, 0.29) is 23.1 Å². The van der Waals surface area contributed by atoms with Gasteiger partial charge in [-0.15, -0.1) is 0 Å². The van der Waals surface area contributed by atoms with Gasteiger partial charge >= 0.3 is 0 Å². The number of benzene rings is 1. The highest BCUT2D eigenvalue weighted by molar-refractivity contribution is 5.83. The Morgan fingerprint density at radius 1 is 1.07 bits per heavy atom. The number of carbonyl (C=O) groups excluding carboxylic acids is 2. The Morgan fingerprint density at radius 2 is 1.90 bits per heavy atom. The molecule has 3 aliphatic rings. The third-order valence-electron chi connectivity index (χ3n) is 9.10. The Balaban J connectivity index is 1.14. The van der Waals surface area contributed by atoms with Crippen molar-refractivity contribution in [3.8, 4) is 5.75 Å². The predicted octanol–water partition coefficient (Wildman–Crippen LogP) is 3.86. The molecule has 0 aliphatic carbocycles. The Hall–Kier alpha value is -3.13. The molecule has 1 unspecified atom stereocenters. The fraction of sp³-hybridized carbons (Fsp3) is 0.594. The van der Waals surface area contributed by atoms with Gasteiger partial charge in [-0.25, -0.2) is 0 Å². The summed E-state index contributed by atoms with van der Waals surface area (Å²) < 4.78 is 5.98. The van der Waals surface area contributed by atoms with Gasteiger partial charge in [0.25, 0.3) is 0 Å². The highest BCUT2D eigenvalue weighted by Gasteiger charge is 2.41. The van der Waals surface area contributed by atoms with Gasteiger partial charge in [0.2, 0.25) is 11.8 Å². The van der Waals surface area contributed by atoms with E-state index >= 15 is 0 Å². The molecular formula is C32H45N5O3. The van der Waals surface area contributed by atoms with Crippen LogP contribution in [0.3, 0.4) is 0 Å². The molecule has 3 aliphatic heterocycles. The summed E-state index contributed by atoms with van der Waals surface area (Å²) in [6, 6.07) is 12.4. The lowest BCUT2D eigenvalue weighted by molar-refractivity contribution is -0.137. The lowest BCUT2D eigenvalue weighted by Gasteiger charge is -2.41. The van der Waals surface area contributed by atoms with Crippen LogP contribution in [-0.2, 0) is 16.0 Å². The quantitative estimate of drug-likeness (QED) is 0.627. The zero-order chi connectivity index (χ0) is 28.0. The van der Waals surface area contributed by atoms with E-state index in [1.165, 1.54) is 5.56 Å². The highest BCUT2D eigenvalue weighted by atomic mass is 16.5. The molecule has 2 fully saturated rings. The number of nitrogens with zero attached hydrogens (tertiary/aromatic N) is 4. The number of hydrogen-bond acceptors (Lipinski definition) is 6. The molecule has 1 aromatic carbocycles. The normalized spacial score (nSPS) is 22.3. The minimum Gasteiger partial charge on any atom is -0.491 e. The van der Waals surface area contributed by atoms with Crippen LogP contribution in [0.1, 0.15) is 62.1 Å². The summed E-state index contributed by atoms with van der Waals surface area (Å²) in [5, 5.41) is 3.16. The number of para-hydroxylation sites is 1. The van der Waals surface area contributed by atoms with Crippen LogP contribution in [0.5, 0.6) is 5.75 Å². The van der Waals surface area contributed by atoms with E-state index in [9.17, 15) is 9.59 Å². The van der Waals surface area contributed by atoms with E-state index in [1.54, 1.807) is 0 Å². The second-order valence-corrected chi connectivity index (χ2v) is 12.0. The molecule has 2 saturated heterocycles. The van der Waals surface area contributed by atoms with Crippen molar-refractivity contribution in [2.75, 3.05) is 64.9 Å². The first-order valence-electron chi connectivity index (χ1n) is 15.1. The summed E-state index contributed by atoms with van der Waals surface area (Å²) in [7, 11) is 4.03. The molecule has 8 heteroatoms. The van der Waals surface area contributed by atoms with Gasteiger partial charge in [-0.1, -0.05) is 24.6 Å². The number of nitrogens with one attached hydrogen (secondary N) is 1. The van der Waals surface area contributed by atoms with Gasteiger partial charge in [-0.3, -0.25) is 19.5 Å². The fourth-order valence-corrected chi connectivity index (χ4v) is 6.51. The standard InChI is InChI=1S/C32H45N5O3/c1-35(2)27-12-13-28(34-22-27)26-10-7-18-37(23-26)30(38)24-36-19-15-32(16-20-36)14-6-5-9-25-8-3-4-11-29(25)40-21-17-33-31(32)39/h3-4,8,11-13,22,26H,5-7,9-10,14-21,23-24H2,1-2H3,(H,33,39). The van der Waals surface area contributed by atoms with Crippen LogP contribution >= 0.6 is 0 Å². The number of pyridine rings is 1. The maximum Gasteiger partial charge on any atom is 0.236 e. The molecule has 2 amide bonds. The lowest BCUT2D eigenvalue weighted by Crippen LogP contribution is -2.52. The summed E-state index contributed by atoms with van der Waals surface area (Å²) in [6.45, 7) is 4.54. The van der Waals surface area contributed by atoms with E-state index in [2.05, 4.69) is 39.4 Å². The van der Waals surface area contributed by atoms with Gasteiger partial charge in [-0.2, -0.15) is 0 Å². The van der Waals surface area contributed by atoms with Gasteiger partial charge in [-0.05, 0) is 81.8 Å². The Morgan fingerprint density at radius 3 is 2.67 bits per heavy atom. The average molecular weight is 548 g/mol. The molecule has 1 spiro atoms. The smallest absolute Gasteiger partial charge is 0.236 e. The highest BCUT2D eigenvalue weighted by Crippen LogP contribution is 2.38. The Kier molecular flexibility index (Phi) is 9.25. The van der Waals surface area contributed by atoms with Crippen molar-refractivity contribution < 1.29 is 14.3 Å². The van der Waals surface area contributed by atoms with E-state index in [1.807, 2.05) is 37.3 Å². The zero-order valence-corrected chi connectivity index (χ0v) is 24.2. The molecular weight excluding hydrogens is 502 g/mol. The fourth-order valence-electron chi connectivity index (χ4n) is 6.51. The van der Waals surface area contributed by atoms with Gasteiger partial charge in [0, 0.05) is 38.8 Å². The van der Waals surface area contributed by atoms with Gasteiger partial charge < -0.3 is 19.9 Å². The number of aryl methyl sites for hydroxylation is 1. The van der Waals surface area contributed by atoms with Crippen LogP contribution in [0.4, 0.5) is 5.69 Å². The number of carbonyl (C=O) groups is 2. The first kappa shape index (κ1) is 28.4. The number of rotatable bonds is 4. The third kappa shape index (κ3) is 6.77. The molecule has 216 valence electrons. The Labute approximate surface area is 239 Å². The topological polar surface area (TPSA) is 78.0 Å². The molecule has 0 saturated carbocycles. The van der Waals surface area contributed by atoms with Crippen LogP contribution in [0.25, 0.3) is 0 Å². The number of amides is 2. The molecule has 0 radical (unpaired) electrons. The summed E-state index contributed by atoms with van der Waals surface area (Å²) in [6.07, 6.45) is 9.52. The molecule has 1 aromatic heterocycles. The predicted molar refractivity (Wildman–Crippen MR) is 158 cm³/mol. The minimum atomic E-state index is -0.348. The molecule has 1 N–H and O–H groups in total. The molecule has 40 heavy (non-hydrogen) atoms. The van der Waals surface area contributed by atoms with Crippen LogP contribution in [-0.4, -0.2) is 86.6 Å². The van der Waals surface area contributed by atoms with Gasteiger partial charge in [0.1, 0.15) is 12.4 Å². The summed E-state index contributed by atoms with van der Waals surface area (Å²) in [5.41, 5.74) is 3.06. The average Bonchev–Trinajstić information content (AvgIpc) is 2.98. The first-order valence-corrected chi connectivity index (χ1v) is 15.1. The Bertz CT molecular complexity index is 1140. The van der Waals surface area contributed by atoms with Crippen molar-refractivity contribution in [1.82, 2.24) is 20.1 Å². The van der Waals surface area contributed by atoms with E-state index in [0.29, 0.717) is 19.7 Å². The number of fused-ring (bicyclic) bond motifs is 1. The molecule has 5 rings (SSSR count). The number of aromatic nitrogens is 1. The second kappa shape index (κ2) is 13.0. The molecule has 2 aromatic rings. The van der Waals surface area contributed by atoms with E-state index in [4.69, 9.17) is 9.72 Å². The van der Waals surface area contributed by atoms with Crippen molar-refractivity contribution in [2.45, 2.75) is 57.3 Å². The second-order valence-electron chi connectivity index (χ2n) is 12.0. The molecule has 8 nitrogen and oxygen atoms in total. The largest absolute Gasteiger partial charge is 0.491 e. The van der Waals surface area contributed by atoms with Crippen molar-refractivity contribution in [3.05, 3.63) is 53.9 Å². The number of piperidine rings is 2. The maximum absolute atomic E-state index is 13.4. The number of hydrogen-bond donors (Lipinski definition) is 1. The van der Waals surface area contributed by atoms with Gasteiger partial charge in [0.05, 0.1) is 30.4 Å². The minimum absolute atomic E-state index is 0.155. The van der Waals surface area contributed by atoms with Crippen LogP contribution in [0.2, 0.25) is 0 Å². The third-order valence-corrected chi connectivity index (χ3v) is 9.10. The van der Waals surface area contributed by atoms with Crippen molar-refractivity contribution >= 4 is 17.5 Å². The number of likely N-dealkylation sites (tertiary alicyclic amines) is 2. The van der Waals surface area contributed by atoms with Crippen LogP contribution in [0.15, 0.2) is 42.6 Å². The number of anilines is 1. The first-order chi connectivity index (χ1) is 19.4. The molecule has 1 atom stereocenters. The SMILES string of the molecule is CN(C)c1ccc(C2CCCN(C(=O)CN3CCC4(CCCCc5ccccc5OCCNC4=O)CC3)C2)nc1. The van der Waals surface area contributed by atoms with Gasteiger partial charge in [0.15, 0.2) is 0 Å². The maximum atomic E-state index is 13.4. The lowest BCUT2D eigenvalue weighted by atomic mass is 9.73. The monoisotopic (exact) mass is 547 g/mol.